The smallest absolute Gasteiger partial charge is 0.166 e. The topological polar surface area (TPSA) is 67.6 Å². The van der Waals surface area contributed by atoms with Gasteiger partial charge in [0.1, 0.15) is 5.82 Å². The maximum absolute atomic E-state index is 5.82. The summed E-state index contributed by atoms with van der Waals surface area (Å²) in [5, 5.41) is 0.906. The SMILES string of the molecule is Cc1ccc2nc(SCc3cccnc3N)[nH]c2c1. The maximum Gasteiger partial charge on any atom is 0.166 e. The van der Waals surface area contributed by atoms with E-state index in [1.807, 2.05) is 18.2 Å². The molecule has 96 valence electrons. The number of aromatic nitrogens is 3. The number of H-pyrrole nitrogens is 1. The van der Waals surface area contributed by atoms with E-state index in [1.165, 1.54) is 5.56 Å². The Morgan fingerprint density at radius 3 is 3.05 bits per heavy atom. The number of fused-ring (bicyclic) bond motifs is 1. The molecule has 0 saturated carbocycles. The van der Waals surface area contributed by atoms with Crippen LogP contribution < -0.4 is 5.73 Å². The number of nitrogens with two attached hydrogens (primary N) is 1. The van der Waals surface area contributed by atoms with Crippen LogP contribution >= 0.6 is 11.8 Å². The lowest BCUT2D eigenvalue weighted by molar-refractivity contribution is 1.08. The lowest BCUT2D eigenvalue weighted by Crippen LogP contribution is -1.95. The summed E-state index contributed by atoms with van der Waals surface area (Å²) in [4.78, 5) is 11.9. The fraction of sp³-hybridized carbons (Fsp3) is 0.143. The van der Waals surface area contributed by atoms with Gasteiger partial charge >= 0.3 is 0 Å². The van der Waals surface area contributed by atoms with Crippen molar-refractivity contribution in [3.63, 3.8) is 0 Å². The van der Waals surface area contributed by atoms with Gasteiger partial charge in [0.2, 0.25) is 0 Å². The standard InChI is InChI=1S/C14H14N4S/c1-9-4-5-11-12(7-9)18-14(17-11)19-8-10-3-2-6-16-13(10)15/h2-7H,8H2,1H3,(H2,15,16)(H,17,18). The predicted molar refractivity (Wildman–Crippen MR) is 79.0 cm³/mol. The second kappa shape index (κ2) is 4.93. The molecule has 0 aliphatic heterocycles. The van der Waals surface area contributed by atoms with Crippen molar-refractivity contribution in [3.8, 4) is 0 Å². The molecule has 0 aliphatic rings. The van der Waals surface area contributed by atoms with E-state index in [1.54, 1.807) is 18.0 Å². The first kappa shape index (κ1) is 12.0. The number of pyridine rings is 1. The third-order valence-electron chi connectivity index (χ3n) is 2.91. The summed E-state index contributed by atoms with van der Waals surface area (Å²) in [6.45, 7) is 2.07. The number of benzene rings is 1. The molecule has 0 saturated heterocycles. The van der Waals surface area contributed by atoms with E-state index in [-0.39, 0.29) is 0 Å². The van der Waals surface area contributed by atoms with Gasteiger partial charge in [-0.3, -0.25) is 0 Å². The Balaban J connectivity index is 1.80. The van der Waals surface area contributed by atoms with Crippen molar-refractivity contribution < 1.29 is 0 Å². The number of aromatic amines is 1. The lowest BCUT2D eigenvalue weighted by Gasteiger charge is -2.01. The van der Waals surface area contributed by atoms with Crippen LogP contribution in [0, 0.1) is 6.92 Å². The molecule has 0 fully saturated rings. The highest BCUT2D eigenvalue weighted by atomic mass is 32.2. The monoisotopic (exact) mass is 270 g/mol. The van der Waals surface area contributed by atoms with Gasteiger partial charge in [0.15, 0.2) is 5.16 Å². The van der Waals surface area contributed by atoms with Gasteiger partial charge in [0, 0.05) is 17.5 Å². The Morgan fingerprint density at radius 1 is 1.32 bits per heavy atom. The lowest BCUT2D eigenvalue weighted by atomic mass is 10.2. The van der Waals surface area contributed by atoms with Gasteiger partial charge in [-0.2, -0.15) is 0 Å². The van der Waals surface area contributed by atoms with Gasteiger partial charge in [-0.15, -0.1) is 0 Å². The van der Waals surface area contributed by atoms with Crippen molar-refractivity contribution in [2.45, 2.75) is 17.8 Å². The summed E-state index contributed by atoms with van der Waals surface area (Å²) in [6.07, 6.45) is 1.70. The first-order valence-corrected chi connectivity index (χ1v) is 6.99. The Bertz CT molecular complexity index is 720. The van der Waals surface area contributed by atoms with Crippen LogP contribution in [0.1, 0.15) is 11.1 Å². The Hall–Kier alpha value is -2.01. The minimum absolute atomic E-state index is 0.585. The first-order valence-electron chi connectivity index (χ1n) is 6.01. The molecule has 0 amide bonds. The third kappa shape index (κ3) is 2.56. The summed E-state index contributed by atoms with van der Waals surface area (Å²) >= 11 is 1.63. The van der Waals surface area contributed by atoms with Crippen molar-refractivity contribution in [1.82, 2.24) is 15.0 Å². The second-order valence-corrected chi connectivity index (χ2v) is 5.36. The largest absolute Gasteiger partial charge is 0.383 e. The first-order chi connectivity index (χ1) is 9.22. The minimum Gasteiger partial charge on any atom is -0.383 e. The predicted octanol–water partition coefficient (Wildman–Crippen LogP) is 3.14. The molecule has 2 aromatic heterocycles. The van der Waals surface area contributed by atoms with Crippen LogP contribution in [-0.4, -0.2) is 15.0 Å². The molecule has 0 unspecified atom stereocenters. The quantitative estimate of drug-likeness (QED) is 0.717. The molecular weight excluding hydrogens is 256 g/mol. The molecule has 2 heterocycles. The Morgan fingerprint density at radius 2 is 2.21 bits per heavy atom. The van der Waals surface area contributed by atoms with Crippen molar-refractivity contribution >= 4 is 28.6 Å². The molecule has 5 heteroatoms. The molecule has 3 rings (SSSR count). The van der Waals surface area contributed by atoms with Crippen LogP contribution in [0.5, 0.6) is 0 Å². The zero-order chi connectivity index (χ0) is 13.2. The molecule has 0 bridgehead atoms. The fourth-order valence-electron chi connectivity index (χ4n) is 1.89. The van der Waals surface area contributed by atoms with Crippen LogP contribution in [0.25, 0.3) is 11.0 Å². The van der Waals surface area contributed by atoms with Crippen LogP contribution in [0.4, 0.5) is 5.82 Å². The molecule has 0 atom stereocenters. The average molecular weight is 270 g/mol. The van der Waals surface area contributed by atoms with Gasteiger partial charge in [-0.05, 0) is 30.7 Å². The molecule has 19 heavy (non-hydrogen) atoms. The van der Waals surface area contributed by atoms with E-state index in [0.717, 1.165) is 27.5 Å². The highest BCUT2D eigenvalue weighted by Gasteiger charge is 2.05. The number of hydrogen-bond donors (Lipinski definition) is 2. The van der Waals surface area contributed by atoms with Gasteiger partial charge in [0.25, 0.3) is 0 Å². The molecule has 0 spiro atoms. The summed E-state index contributed by atoms with van der Waals surface area (Å²) < 4.78 is 0. The van der Waals surface area contributed by atoms with Crippen molar-refractivity contribution in [2.24, 2.45) is 0 Å². The molecule has 3 aromatic rings. The molecule has 1 aromatic carbocycles. The summed E-state index contributed by atoms with van der Waals surface area (Å²) in [5.74, 6) is 1.35. The van der Waals surface area contributed by atoms with Gasteiger partial charge in [-0.25, -0.2) is 9.97 Å². The maximum atomic E-state index is 5.82. The third-order valence-corrected chi connectivity index (χ3v) is 3.83. The van der Waals surface area contributed by atoms with Gasteiger partial charge in [0.05, 0.1) is 11.0 Å². The van der Waals surface area contributed by atoms with Crippen LogP contribution in [-0.2, 0) is 5.75 Å². The van der Waals surface area contributed by atoms with Crippen LogP contribution in [0.15, 0.2) is 41.7 Å². The summed E-state index contributed by atoms with van der Waals surface area (Å²) in [6, 6.07) is 10.1. The average Bonchev–Trinajstić information content (AvgIpc) is 2.79. The molecule has 3 N–H and O–H groups in total. The number of hydrogen-bond acceptors (Lipinski definition) is 4. The van der Waals surface area contributed by atoms with Gasteiger partial charge in [-0.1, -0.05) is 23.9 Å². The summed E-state index contributed by atoms with van der Waals surface area (Å²) in [5.41, 5.74) is 10.1. The number of imidazole rings is 1. The van der Waals surface area contributed by atoms with E-state index in [9.17, 15) is 0 Å². The Kier molecular flexibility index (Phi) is 3.13. The second-order valence-electron chi connectivity index (χ2n) is 4.40. The highest BCUT2D eigenvalue weighted by molar-refractivity contribution is 7.98. The van der Waals surface area contributed by atoms with E-state index in [2.05, 4.69) is 34.0 Å². The van der Waals surface area contributed by atoms with E-state index in [0.29, 0.717) is 5.82 Å². The zero-order valence-electron chi connectivity index (χ0n) is 10.6. The number of nitrogens with zero attached hydrogens (tertiary/aromatic N) is 2. The van der Waals surface area contributed by atoms with Crippen molar-refractivity contribution in [1.29, 1.82) is 0 Å². The van der Waals surface area contributed by atoms with Crippen LogP contribution in [0.2, 0.25) is 0 Å². The molecule has 4 nitrogen and oxygen atoms in total. The van der Waals surface area contributed by atoms with E-state index < -0.39 is 0 Å². The van der Waals surface area contributed by atoms with Crippen molar-refractivity contribution in [2.75, 3.05) is 5.73 Å². The number of nitrogen functional groups attached to an aromatic ring is 1. The number of thioether (sulfide) groups is 1. The van der Waals surface area contributed by atoms with Crippen molar-refractivity contribution in [3.05, 3.63) is 47.7 Å². The number of aryl methyl sites for hydroxylation is 1. The molecule has 0 radical (unpaired) electrons. The highest BCUT2D eigenvalue weighted by Crippen LogP contribution is 2.24. The van der Waals surface area contributed by atoms with E-state index >= 15 is 0 Å². The number of anilines is 1. The zero-order valence-corrected chi connectivity index (χ0v) is 11.4. The fourth-order valence-corrected chi connectivity index (χ4v) is 2.77. The van der Waals surface area contributed by atoms with Crippen LogP contribution in [0.3, 0.4) is 0 Å². The number of rotatable bonds is 3. The Labute approximate surface area is 115 Å². The minimum atomic E-state index is 0.585. The van der Waals surface area contributed by atoms with Gasteiger partial charge < -0.3 is 10.7 Å². The molecule has 0 aliphatic carbocycles. The summed E-state index contributed by atoms with van der Waals surface area (Å²) in [7, 11) is 0. The van der Waals surface area contributed by atoms with E-state index in [4.69, 9.17) is 5.73 Å². The number of nitrogens with one attached hydrogen (secondary N) is 1. The normalized spacial score (nSPS) is 11.0. The molecular formula is C14H14N4S.